The van der Waals surface area contributed by atoms with Crippen molar-refractivity contribution in [1.29, 1.82) is 0 Å². The maximum absolute atomic E-state index is 14.0. The maximum Gasteiger partial charge on any atom is 0.434 e. The van der Waals surface area contributed by atoms with Gasteiger partial charge < -0.3 is 9.88 Å². The van der Waals surface area contributed by atoms with Gasteiger partial charge in [-0.1, -0.05) is 25.1 Å². The molecule has 7 heteroatoms. The zero-order valence-corrected chi connectivity index (χ0v) is 11.2. The van der Waals surface area contributed by atoms with Crippen LogP contribution in [-0.4, -0.2) is 16.1 Å². The van der Waals surface area contributed by atoms with Crippen LogP contribution in [0.5, 0.6) is 0 Å². The number of nitrogens with zero attached hydrogens (tertiary/aromatic N) is 2. The first-order valence-corrected chi connectivity index (χ1v) is 6.52. The molecule has 21 heavy (non-hydrogen) atoms. The predicted octanol–water partition coefficient (Wildman–Crippen LogP) is 3.69. The van der Waals surface area contributed by atoms with Crippen molar-refractivity contribution in [2.45, 2.75) is 19.1 Å². The molecule has 1 aliphatic rings. The van der Waals surface area contributed by atoms with Crippen LogP contribution in [0.25, 0.3) is 0 Å². The molecule has 0 aliphatic carbocycles. The fraction of sp³-hybridized carbons (Fsp3) is 0.357. The van der Waals surface area contributed by atoms with E-state index in [-0.39, 0.29) is 11.9 Å². The number of hydrogen-bond donors (Lipinski definition) is 1. The van der Waals surface area contributed by atoms with Crippen molar-refractivity contribution >= 4 is 5.95 Å². The second-order valence-corrected chi connectivity index (χ2v) is 5.18. The quantitative estimate of drug-likeness (QED) is 0.814. The lowest BCUT2D eigenvalue weighted by Crippen LogP contribution is -2.31. The molecule has 0 saturated heterocycles. The van der Waals surface area contributed by atoms with E-state index in [0.29, 0.717) is 12.1 Å². The van der Waals surface area contributed by atoms with Gasteiger partial charge in [-0.15, -0.1) is 0 Å². The van der Waals surface area contributed by atoms with Crippen molar-refractivity contribution in [1.82, 2.24) is 9.55 Å². The van der Waals surface area contributed by atoms with Gasteiger partial charge in [0.2, 0.25) is 5.95 Å². The van der Waals surface area contributed by atoms with Gasteiger partial charge in [0.15, 0.2) is 5.69 Å². The summed E-state index contributed by atoms with van der Waals surface area (Å²) in [6, 6.07) is 5.63. The molecular formula is C14H13F4N3. The van der Waals surface area contributed by atoms with Crippen molar-refractivity contribution in [3.63, 3.8) is 0 Å². The molecule has 0 amide bonds. The zero-order valence-electron chi connectivity index (χ0n) is 11.2. The number of aromatic nitrogens is 2. The van der Waals surface area contributed by atoms with Crippen LogP contribution in [0.3, 0.4) is 0 Å². The second-order valence-electron chi connectivity index (χ2n) is 5.18. The molecule has 0 bridgehead atoms. The Kier molecular flexibility index (Phi) is 3.15. The average Bonchev–Trinajstić information content (AvgIpc) is 2.84. The van der Waals surface area contributed by atoms with Gasteiger partial charge in [0.1, 0.15) is 5.82 Å². The Morgan fingerprint density at radius 2 is 2.00 bits per heavy atom. The summed E-state index contributed by atoms with van der Waals surface area (Å²) in [7, 11) is 0. The fourth-order valence-electron chi connectivity index (χ4n) is 2.68. The summed E-state index contributed by atoms with van der Waals surface area (Å²) in [5.41, 5.74) is -0.598. The molecule has 112 valence electrons. The molecule has 1 aromatic carbocycles. The number of benzene rings is 1. The smallest absolute Gasteiger partial charge is 0.355 e. The molecule has 3 rings (SSSR count). The molecule has 1 aromatic heterocycles. The van der Waals surface area contributed by atoms with Crippen LogP contribution >= 0.6 is 0 Å². The third-order valence-electron chi connectivity index (χ3n) is 3.67. The molecule has 2 aromatic rings. The highest BCUT2D eigenvalue weighted by molar-refractivity contribution is 5.37. The number of fused-ring (bicyclic) bond motifs is 1. The molecule has 2 heterocycles. The Bertz CT molecular complexity index is 662. The van der Waals surface area contributed by atoms with Gasteiger partial charge in [0, 0.05) is 18.3 Å². The minimum Gasteiger partial charge on any atom is -0.355 e. The highest BCUT2D eigenvalue weighted by Gasteiger charge is 2.38. The van der Waals surface area contributed by atoms with Crippen molar-refractivity contribution in [2.75, 3.05) is 11.9 Å². The molecular weight excluding hydrogens is 286 g/mol. The summed E-state index contributed by atoms with van der Waals surface area (Å²) in [5.74, 6) is -0.372. The summed E-state index contributed by atoms with van der Waals surface area (Å²) in [6.07, 6.45) is -3.58. The van der Waals surface area contributed by atoms with Gasteiger partial charge in [-0.2, -0.15) is 13.2 Å². The number of halogens is 4. The summed E-state index contributed by atoms with van der Waals surface area (Å²) in [5, 5.41) is 2.85. The van der Waals surface area contributed by atoms with E-state index in [1.807, 2.05) is 6.92 Å². The lowest BCUT2D eigenvalue weighted by atomic mass is 9.92. The van der Waals surface area contributed by atoms with E-state index >= 15 is 0 Å². The molecule has 1 N–H and O–H groups in total. The number of hydrogen-bond acceptors (Lipinski definition) is 2. The molecule has 0 radical (unpaired) electrons. The minimum atomic E-state index is -4.52. The molecule has 1 aliphatic heterocycles. The molecule has 0 spiro atoms. The normalized spacial score (nSPS) is 21.8. The zero-order chi connectivity index (χ0) is 15.2. The van der Waals surface area contributed by atoms with Crippen molar-refractivity contribution in [2.24, 2.45) is 5.92 Å². The van der Waals surface area contributed by atoms with Gasteiger partial charge in [-0.25, -0.2) is 9.37 Å². The monoisotopic (exact) mass is 299 g/mol. The Morgan fingerprint density at radius 1 is 1.29 bits per heavy atom. The standard InChI is InChI=1S/C14H13F4N3/c1-8-6-19-13-20-11(14(16,17)18)7-21(13)12(8)9-4-2-3-5-10(9)15/h2-5,7-8,12H,6H2,1H3,(H,19,20). The Morgan fingerprint density at radius 3 is 2.67 bits per heavy atom. The first-order valence-electron chi connectivity index (χ1n) is 6.52. The van der Waals surface area contributed by atoms with Gasteiger partial charge in [-0.05, 0) is 12.0 Å². The topological polar surface area (TPSA) is 29.9 Å². The van der Waals surface area contributed by atoms with E-state index in [2.05, 4.69) is 10.3 Å². The molecule has 2 unspecified atom stereocenters. The minimum absolute atomic E-state index is 0.0651. The summed E-state index contributed by atoms with van der Waals surface area (Å²) in [6.45, 7) is 2.30. The summed E-state index contributed by atoms with van der Waals surface area (Å²) >= 11 is 0. The SMILES string of the molecule is CC1CNc2nc(C(F)(F)F)cn2C1c1ccccc1F. The number of nitrogens with one attached hydrogen (secondary N) is 1. The van der Waals surface area contributed by atoms with Crippen LogP contribution in [0.15, 0.2) is 30.5 Å². The third kappa shape index (κ3) is 2.36. The highest BCUT2D eigenvalue weighted by atomic mass is 19.4. The van der Waals surface area contributed by atoms with Crippen molar-refractivity contribution in [3.05, 3.63) is 47.5 Å². The second kappa shape index (κ2) is 4.75. The molecule has 2 atom stereocenters. The van der Waals surface area contributed by atoms with Crippen LogP contribution < -0.4 is 5.32 Å². The van der Waals surface area contributed by atoms with E-state index in [9.17, 15) is 17.6 Å². The van der Waals surface area contributed by atoms with Gasteiger partial charge in [-0.3, -0.25) is 0 Å². The lowest BCUT2D eigenvalue weighted by Gasteiger charge is -2.32. The van der Waals surface area contributed by atoms with Gasteiger partial charge in [0.05, 0.1) is 6.04 Å². The van der Waals surface area contributed by atoms with E-state index in [0.717, 1.165) is 6.20 Å². The van der Waals surface area contributed by atoms with Crippen LogP contribution in [0.2, 0.25) is 0 Å². The average molecular weight is 299 g/mol. The van der Waals surface area contributed by atoms with E-state index < -0.39 is 23.7 Å². The molecule has 0 saturated carbocycles. The van der Waals surface area contributed by atoms with Crippen LogP contribution in [0.1, 0.15) is 24.2 Å². The van der Waals surface area contributed by atoms with Crippen molar-refractivity contribution in [3.8, 4) is 0 Å². The number of alkyl halides is 3. The maximum atomic E-state index is 14.0. The van der Waals surface area contributed by atoms with Crippen LogP contribution in [-0.2, 0) is 6.18 Å². The largest absolute Gasteiger partial charge is 0.434 e. The first-order chi connectivity index (χ1) is 9.88. The number of imidazole rings is 1. The summed E-state index contributed by atoms with van der Waals surface area (Å²) in [4.78, 5) is 3.57. The van der Waals surface area contributed by atoms with Gasteiger partial charge >= 0.3 is 6.18 Å². The first kappa shape index (κ1) is 13.9. The third-order valence-corrected chi connectivity index (χ3v) is 3.67. The fourth-order valence-corrected chi connectivity index (χ4v) is 2.68. The van der Waals surface area contributed by atoms with Crippen LogP contribution in [0, 0.1) is 11.7 Å². The number of anilines is 1. The van der Waals surface area contributed by atoms with E-state index in [1.165, 1.54) is 10.6 Å². The Balaban J connectivity index is 2.11. The Hall–Kier alpha value is -2.05. The lowest BCUT2D eigenvalue weighted by molar-refractivity contribution is -0.140. The number of rotatable bonds is 1. The predicted molar refractivity (Wildman–Crippen MR) is 69.4 cm³/mol. The molecule has 3 nitrogen and oxygen atoms in total. The summed E-state index contributed by atoms with van der Waals surface area (Å²) < 4.78 is 53.8. The van der Waals surface area contributed by atoms with Crippen molar-refractivity contribution < 1.29 is 17.6 Å². The van der Waals surface area contributed by atoms with E-state index in [1.54, 1.807) is 18.2 Å². The highest BCUT2D eigenvalue weighted by Crippen LogP contribution is 2.38. The molecule has 0 fully saturated rings. The van der Waals surface area contributed by atoms with Gasteiger partial charge in [0.25, 0.3) is 0 Å². The van der Waals surface area contributed by atoms with E-state index in [4.69, 9.17) is 0 Å². The van der Waals surface area contributed by atoms with Crippen LogP contribution in [0.4, 0.5) is 23.5 Å². The Labute approximate surface area is 118 Å².